The van der Waals surface area contributed by atoms with Crippen molar-refractivity contribution in [3.63, 3.8) is 0 Å². The topological polar surface area (TPSA) is 51.7 Å². The molecule has 0 spiro atoms. The van der Waals surface area contributed by atoms with Crippen LogP contribution in [0.15, 0.2) is 60.8 Å². The molecule has 0 bridgehead atoms. The summed E-state index contributed by atoms with van der Waals surface area (Å²) in [6.45, 7) is 4.19. The molecule has 1 aliphatic rings. The smallest absolute Gasteiger partial charge is 0.223 e. The number of para-hydroxylation sites is 1. The summed E-state index contributed by atoms with van der Waals surface area (Å²) in [5.74, 6) is 1.86. The van der Waals surface area contributed by atoms with E-state index in [1.165, 1.54) is 0 Å². The van der Waals surface area contributed by atoms with Crippen molar-refractivity contribution in [1.82, 2.24) is 9.88 Å². The van der Waals surface area contributed by atoms with Gasteiger partial charge in [0.15, 0.2) is 0 Å². The second kappa shape index (κ2) is 9.61. The Morgan fingerprint density at radius 1 is 1.13 bits per heavy atom. The molecule has 1 amide bonds. The van der Waals surface area contributed by atoms with E-state index >= 15 is 0 Å². The number of benzene rings is 2. The Bertz CT molecular complexity index is 982. The van der Waals surface area contributed by atoms with Crippen LogP contribution >= 0.6 is 0 Å². The second-order valence-electron chi connectivity index (χ2n) is 7.69. The molecule has 0 radical (unpaired) electrons. The van der Waals surface area contributed by atoms with E-state index in [1.807, 2.05) is 59.5 Å². The van der Waals surface area contributed by atoms with Crippen LogP contribution in [0, 0.1) is 0 Å². The Kier molecular flexibility index (Phi) is 6.47. The number of rotatable bonds is 8. The molecule has 5 nitrogen and oxygen atoms in total. The van der Waals surface area contributed by atoms with Crippen molar-refractivity contribution in [2.75, 3.05) is 19.7 Å². The van der Waals surface area contributed by atoms with Gasteiger partial charge in [-0.15, -0.1) is 0 Å². The van der Waals surface area contributed by atoms with Crippen molar-refractivity contribution in [1.29, 1.82) is 0 Å². The number of pyridine rings is 1. The average Bonchev–Trinajstić information content (AvgIpc) is 3.26. The maximum absolute atomic E-state index is 12.7. The lowest BCUT2D eigenvalue weighted by molar-refractivity contribution is -0.130. The van der Waals surface area contributed by atoms with E-state index in [-0.39, 0.29) is 12.0 Å². The first-order valence-electron chi connectivity index (χ1n) is 10.7. The van der Waals surface area contributed by atoms with Crippen LogP contribution in [-0.4, -0.2) is 41.6 Å². The minimum atomic E-state index is 0.0107. The van der Waals surface area contributed by atoms with Gasteiger partial charge in [-0.05, 0) is 42.7 Å². The summed E-state index contributed by atoms with van der Waals surface area (Å²) >= 11 is 0. The SMILES string of the molecule is CCCOc1ccc(CCC(=O)N2CCC(Oc3cccc4cccnc34)C2)cc1. The highest BCUT2D eigenvalue weighted by Crippen LogP contribution is 2.26. The number of carbonyl (C=O) groups is 1. The second-order valence-corrected chi connectivity index (χ2v) is 7.69. The number of likely N-dealkylation sites (tertiary alicyclic amines) is 1. The highest BCUT2D eigenvalue weighted by Gasteiger charge is 2.27. The number of ether oxygens (including phenoxy) is 2. The minimum absolute atomic E-state index is 0.0107. The molecule has 0 aliphatic carbocycles. The van der Waals surface area contributed by atoms with E-state index in [0.29, 0.717) is 13.0 Å². The van der Waals surface area contributed by atoms with Crippen LogP contribution in [0.5, 0.6) is 11.5 Å². The van der Waals surface area contributed by atoms with E-state index in [1.54, 1.807) is 6.20 Å². The molecule has 3 aromatic rings. The fraction of sp³-hybridized carbons (Fsp3) is 0.360. The predicted molar refractivity (Wildman–Crippen MR) is 118 cm³/mol. The Hall–Kier alpha value is -3.08. The zero-order valence-corrected chi connectivity index (χ0v) is 17.4. The maximum atomic E-state index is 12.7. The Labute approximate surface area is 177 Å². The standard InChI is InChI=1S/C25H28N2O3/c1-2-17-29-21-11-8-19(9-12-21)10-13-24(28)27-16-14-22(18-27)30-23-7-3-5-20-6-4-15-26-25(20)23/h3-9,11-12,15,22H,2,10,13-14,16-18H2,1H3. The summed E-state index contributed by atoms with van der Waals surface area (Å²) in [6, 6.07) is 18.0. The number of fused-ring (bicyclic) bond motifs is 1. The minimum Gasteiger partial charge on any atom is -0.494 e. The molecule has 2 aromatic carbocycles. The van der Waals surface area contributed by atoms with Gasteiger partial charge in [-0.2, -0.15) is 0 Å². The van der Waals surface area contributed by atoms with Crippen LogP contribution in [0.25, 0.3) is 10.9 Å². The Balaban J connectivity index is 1.28. The quantitative estimate of drug-likeness (QED) is 0.549. The summed E-state index contributed by atoms with van der Waals surface area (Å²) in [5.41, 5.74) is 2.03. The van der Waals surface area contributed by atoms with Crippen LogP contribution in [-0.2, 0) is 11.2 Å². The maximum Gasteiger partial charge on any atom is 0.223 e. The predicted octanol–water partition coefficient (Wildman–Crippen LogP) is 4.64. The number of hydrogen-bond donors (Lipinski definition) is 0. The van der Waals surface area contributed by atoms with E-state index in [2.05, 4.69) is 11.9 Å². The molecule has 2 heterocycles. The summed E-state index contributed by atoms with van der Waals surface area (Å²) < 4.78 is 11.8. The van der Waals surface area contributed by atoms with Gasteiger partial charge in [0.25, 0.3) is 0 Å². The molecule has 1 aromatic heterocycles. The number of aromatic nitrogens is 1. The lowest BCUT2D eigenvalue weighted by atomic mass is 10.1. The lowest BCUT2D eigenvalue weighted by Crippen LogP contribution is -2.31. The first-order chi connectivity index (χ1) is 14.7. The molecule has 30 heavy (non-hydrogen) atoms. The van der Waals surface area contributed by atoms with Crippen molar-refractivity contribution in [2.45, 2.75) is 38.7 Å². The third kappa shape index (κ3) is 4.90. The zero-order valence-electron chi connectivity index (χ0n) is 17.4. The van der Waals surface area contributed by atoms with Crippen molar-refractivity contribution >= 4 is 16.8 Å². The zero-order chi connectivity index (χ0) is 20.8. The average molecular weight is 405 g/mol. The van der Waals surface area contributed by atoms with Gasteiger partial charge in [0.05, 0.1) is 13.2 Å². The summed E-state index contributed by atoms with van der Waals surface area (Å²) in [7, 11) is 0. The molecule has 0 saturated carbocycles. The number of hydrogen-bond acceptors (Lipinski definition) is 4. The first-order valence-corrected chi connectivity index (χ1v) is 10.7. The molecular weight excluding hydrogens is 376 g/mol. The first kappa shape index (κ1) is 20.2. The number of aryl methyl sites for hydroxylation is 1. The fourth-order valence-corrected chi connectivity index (χ4v) is 3.78. The van der Waals surface area contributed by atoms with Gasteiger partial charge < -0.3 is 14.4 Å². The van der Waals surface area contributed by atoms with Crippen molar-refractivity contribution in [2.24, 2.45) is 0 Å². The van der Waals surface area contributed by atoms with E-state index in [0.717, 1.165) is 60.4 Å². The Morgan fingerprint density at radius 3 is 2.80 bits per heavy atom. The number of nitrogens with zero attached hydrogens (tertiary/aromatic N) is 2. The highest BCUT2D eigenvalue weighted by atomic mass is 16.5. The van der Waals surface area contributed by atoms with E-state index in [9.17, 15) is 4.79 Å². The molecule has 4 rings (SSSR count). The molecule has 1 atom stereocenters. The lowest BCUT2D eigenvalue weighted by Gasteiger charge is -2.18. The van der Waals surface area contributed by atoms with Crippen LogP contribution in [0.1, 0.15) is 31.7 Å². The monoisotopic (exact) mass is 404 g/mol. The van der Waals surface area contributed by atoms with Crippen molar-refractivity contribution < 1.29 is 14.3 Å². The summed E-state index contributed by atoms with van der Waals surface area (Å²) in [6.07, 6.45) is 4.88. The van der Waals surface area contributed by atoms with Gasteiger partial charge in [-0.1, -0.05) is 37.3 Å². The van der Waals surface area contributed by atoms with Crippen molar-refractivity contribution in [3.05, 3.63) is 66.4 Å². The highest BCUT2D eigenvalue weighted by molar-refractivity contribution is 5.84. The molecule has 156 valence electrons. The summed E-state index contributed by atoms with van der Waals surface area (Å²) in [4.78, 5) is 19.0. The van der Waals surface area contributed by atoms with Gasteiger partial charge in [-0.3, -0.25) is 9.78 Å². The van der Waals surface area contributed by atoms with Gasteiger partial charge in [-0.25, -0.2) is 0 Å². The van der Waals surface area contributed by atoms with Gasteiger partial charge in [0, 0.05) is 31.0 Å². The van der Waals surface area contributed by atoms with E-state index < -0.39 is 0 Å². The van der Waals surface area contributed by atoms with Crippen LogP contribution in [0.4, 0.5) is 0 Å². The third-order valence-electron chi connectivity index (χ3n) is 5.41. The molecule has 1 aliphatic heterocycles. The largest absolute Gasteiger partial charge is 0.494 e. The molecular formula is C25H28N2O3. The Morgan fingerprint density at radius 2 is 1.97 bits per heavy atom. The molecule has 1 unspecified atom stereocenters. The number of carbonyl (C=O) groups excluding carboxylic acids is 1. The molecule has 1 fully saturated rings. The van der Waals surface area contributed by atoms with Crippen LogP contribution < -0.4 is 9.47 Å². The van der Waals surface area contributed by atoms with Gasteiger partial charge in [0.2, 0.25) is 5.91 Å². The summed E-state index contributed by atoms with van der Waals surface area (Å²) in [5, 5.41) is 1.06. The van der Waals surface area contributed by atoms with Gasteiger partial charge >= 0.3 is 0 Å². The van der Waals surface area contributed by atoms with Crippen molar-refractivity contribution in [3.8, 4) is 11.5 Å². The molecule has 5 heteroatoms. The van der Waals surface area contributed by atoms with Crippen LogP contribution in [0.2, 0.25) is 0 Å². The van der Waals surface area contributed by atoms with E-state index in [4.69, 9.17) is 9.47 Å². The fourth-order valence-electron chi connectivity index (χ4n) is 3.78. The molecule has 0 N–H and O–H groups in total. The molecule has 1 saturated heterocycles. The van der Waals surface area contributed by atoms with Gasteiger partial charge in [0.1, 0.15) is 23.1 Å². The van der Waals surface area contributed by atoms with Crippen LogP contribution in [0.3, 0.4) is 0 Å². The number of amides is 1. The normalized spacial score (nSPS) is 16.0. The third-order valence-corrected chi connectivity index (χ3v) is 5.41.